The zero-order valence-corrected chi connectivity index (χ0v) is 26.1. The molecular formula is C32H46N6O3. The Morgan fingerprint density at radius 3 is 2.41 bits per heavy atom. The lowest BCUT2D eigenvalue weighted by atomic mass is 9.93. The summed E-state index contributed by atoms with van der Waals surface area (Å²) >= 11 is 0. The van der Waals surface area contributed by atoms with Gasteiger partial charge in [0.15, 0.2) is 0 Å². The maximum absolute atomic E-state index is 12.7. The van der Waals surface area contributed by atoms with Gasteiger partial charge in [0.2, 0.25) is 6.41 Å². The Balaban J connectivity index is 0.000000696. The van der Waals surface area contributed by atoms with Gasteiger partial charge in [0.25, 0.3) is 5.56 Å². The Morgan fingerprint density at radius 2 is 1.85 bits per heavy atom. The number of nitrogens with zero attached hydrogens (tertiary/aromatic N) is 4. The third kappa shape index (κ3) is 8.39. The van der Waals surface area contributed by atoms with E-state index in [1.54, 1.807) is 18.1 Å². The second-order valence-electron chi connectivity index (χ2n) is 11.8. The average molecular weight is 563 g/mol. The van der Waals surface area contributed by atoms with E-state index < -0.39 is 0 Å². The summed E-state index contributed by atoms with van der Waals surface area (Å²) in [6, 6.07) is 7.56. The number of fused-ring (bicyclic) bond motifs is 3. The summed E-state index contributed by atoms with van der Waals surface area (Å²) in [6.07, 6.45) is 5.42. The number of rotatable bonds is 7. The number of benzene rings is 1. The van der Waals surface area contributed by atoms with Crippen LogP contribution in [0.25, 0.3) is 16.6 Å². The lowest BCUT2D eigenvalue weighted by Crippen LogP contribution is -2.32. The molecule has 222 valence electrons. The maximum atomic E-state index is 12.7. The number of carbonyl (C=O) groups is 1. The van der Waals surface area contributed by atoms with Gasteiger partial charge >= 0.3 is 0 Å². The first-order valence-corrected chi connectivity index (χ1v) is 14.3. The molecule has 1 saturated heterocycles. The van der Waals surface area contributed by atoms with Gasteiger partial charge in [0, 0.05) is 37.9 Å². The first kappa shape index (κ1) is 31.8. The summed E-state index contributed by atoms with van der Waals surface area (Å²) in [5.41, 5.74) is 6.32. The van der Waals surface area contributed by atoms with Gasteiger partial charge in [-0.2, -0.15) is 5.10 Å². The van der Waals surface area contributed by atoms with E-state index in [-0.39, 0.29) is 17.1 Å². The summed E-state index contributed by atoms with van der Waals surface area (Å²) < 4.78 is 6.80. The first-order valence-electron chi connectivity index (χ1n) is 14.3. The summed E-state index contributed by atoms with van der Waals surface area (Å²) in [6.45, 7) is 17.7. The van der Waals surface area contributed by atoms with E-state index in [0.29, 0.717) is 18.7 Å². The van der Waals surface area contributed by atoms with Crippen molar-refractivity contribution in [3.63, 3.8) is 0 Å². The summed E-state index contributed by atoms with van der Waals surface area (Å²) in [5.74, 6) is 0.963. The Morgan fingerprint density at radius 1 is 1.20 bits per heavy atom. The number of hydrogen-bond acceptors (Lipinski definition) is 6. The van der Waals surface area contributed by atoms with Gasteiger partial charge in [-0.25, -0.2) is 9.51 Å². The first-order chi connectivity index (χ1) is 19.4. The minimum absolute atomic E-state index is 0.0417. The predicted molar refractivity (Wildman–Crippen MR) is 169 cm³/mol. The molecule has 3 heterocycles. The van der Waals surface area contributed by atoms with Crippen LogP contribution in [0.2, 0.25) is 0 Å². The SMILES string of the molecule is CCC(C)=C(/N=C(/C)C=C(C)C)Nc1cccc2nn3c(C4CCN(C=O)CC4)cc(=O)[nH]c3c12.COC(C)(C)C. The number of aromatic nitrogens is 3. The number of ether oxygens (including phenoxy) is 1. The Bertz CT molecular complexity index is 1510. The Kier molecular flexibility index (Phi) is 10.7. The van der Waals surface area contributed by atoms with Crippen molar-refractivity contribution < 1.29 is 9.53 Å². The molecule has 1 aromatic carbocycles. The second kappa shape index (κ2) is 13.8. The van der Waals surface area contributed by atoms with Crippen molar-refractivity contribution in [2.75, 3.05) is 25.5 Å². The van der Waals surface area contributed by atoms with Crippen LogP contribution in [-0.2, 0) is 9.53 Å². The minimum Gasteiger partial charge on any atom is -0.379 e. The molecule has 0 unspecified atom stereocenters. The van der Waals surface area contributed by atoms with Gasteiger partial charge in [-0.3, -0.25) is 9.59 Å². The Labute approximate surface area is 243 Å². The van der Waals surface area contributed by atoms with Crippen molar-refractivity contribution in [1.82, 2.24) is 19.5 Å². The largest absolute Gasteiger partial charge is 0.379 e. The van der Waals surface area contributed by atoms with E-state index in [9.17, 15) is 9.59 Å². The molecule has 1 fully saturated rings. The fraction of sp³-hybridized carbons (Fsp3) is 0.500. The molecular weight excluding hydrogens is 516 g/mol. The highest BCUT2D eigenvalue weighted by atomic mass is 16.5. The molecule has 1 aliphatic rings. The van der Waals surface area contributed by atoms with E-state index >= 15 is 0 Å². The normalized spacial score (nSPS) is 15.3. The number of amides is 1. The number of likely N-dealkylation sites (tertiary alicyclic amines) is 1. The van der Waals surface area contributed by atoms with Crippen LogP contribution in [0.5, 0.6) is 0 Å². The standard InChI is InChI=1S/C27H34N6O2.C5H12O/c1-6-18(4)26(28-19(5)14-17(2)3)29-21-8-7-9-22-25(21)27-30-24(35)15-23(33(27)31-22)20-10-12-32(16-34)13-11-20;1-5(2,3)6-4/h7-9,14-16,20,29H,6,10-13H2,1-5H3,(H,30,35);1-4H3/b26-18?,28-19-;. The summed E-state index contributed by atoms with van der Waals surface area (Å²) in [7, 11) is 1.71. The van der Waals surface area contributed by atoms with Crippen LogP contribution < -0.4 is 10.9 Å². The number of aliphatic imine (C=N–C) groups is 1. The number of H-pyrrole nitrogens is 1. The van der Waals surface area contributed by atoms with E-state index in [0.717, 1.165) is 65.1 Å². The highest BCUT2D eigenvalue weighted by Gasteiger charge is 2.24. The average Bonchev–Trinajstić information content (AvgIpc) is 3.30. The number of aromatic amines is 1. The predicted octanol–water partition coefficient (Wildman–Crippen LogP) is 6.42. The van der Waals surface area contributed by atoms with Crippen molar-refractivity contribution in [1.29, 1.82) is 0 Å². The molecule has 0 aliphatic carbocycles. The zero-order chi connectivity index (χ0) is 30.3. The Hall–Kier alpha value is -3.72. The molecule has 1 amide bonds. The van der Waals surface area contributed by atoms with Crippen molar-refractivity contribution in [3.8, 4) is 0 Å². The lowest BCUT2D eigenvalue weighted by molar-refractivity contribution is -0.119. The molecule has 4 rings (SSSR count). The van der Waals surface area contributed by atoms with E-state index in [4.69, 9.17) is 14.8 Å². The van der Waals surface area contributed by atoms with E-state index in [1.165, 1.54) is 5.57 Å². The minimum atomic E-state index is -0.153. The van der Waals surface area contributed by atoms with Crippen LogP contribution in [0.1, 0.15) is 86.3 Å². The highest BCUT2D eigenvalue weighted by Crippen LogP contribution is 2.32. The van der Waals surface area contributed by atoms with Crippen molar-refractivity contribution in [2.24, 2.45) is 4.99 Å². The van der Waals surface area contributed by atoms with Crippen LogP contribution in [-0.4, -0.2) is 57.4 Å². The smallest absolute Gasteiger partial charge is 0.251 e. The lowest BCUT2D eigenvalue weighted by Gasteiger charge is -2.29. The number of piperidine rings is 1. The number of carbonyl (C=O) groups excluding carboxylic acids is 1. The summed E-state index contributed by atoms with van der Waals surface area (Å²) in [5, 5.41) is 9.25. The fourth-order valence-corrected chi connectivity index (χ4v) is 4.63. The fourth-order valence-electron chi connectivity index (χ4n) is 4.63. The van der Waals surface area contributed by atoms with Crippen molar-refractivity contribution in [3.05, 3.63) is 63.4 Å². The van der Waals surface area contributed by atoms with Crippen LogP contribution >= 0.6 is 0 Å². The molecule has 9 nitrogen and oxygen atoms in total. The number of nitrogens with one attached hydrogen (secondary N) is 2. The van der Waals surface area contributed by atoms with Gasteiger partial charge in [-0.1, -0.05) is 18.6 Å². The van der Waals surface area contributed by atoms with E-state index in [1.807, 2.05) is 50.4 Å². The second-order valence-corrected chi connectivity index (χ2v) is 11.8. The van der Waals surface area contributed by atoms with Gasteiger partial charge in [-0.05, 0) is 91.5 Å². The molecule has 9 heteroatoms. The van der Waals surface area contributed by atoms with Gasteiger partial charge in [-0.15, -0.1) is 0 Å². The molecule has 1 aliphatic heterocycles. The van der Waals surface area contributed by atoms with Crippen LogP contribution in [0.15, 0.2) is 57.1 Å². The maximum Gasteiger partial charge on any atom is 0.251 e. The molecule has 0 radical (unpaired) electrons. The highest BCUT2D eigenvalue weighted by molar-refractivity contribution is 6.03. The molecule has 0 atom stereocenters. The quantitative estimate of drug-likeness (QED) is 0.255. The molecule has 0 spiro atoms. The third-order valence-electron chi connectivity index (χ3n) is 7.15. The number of allylic oxidation sites excluding steroid dienone is 3. The van der Waals surface area contributed by atoms with Gasteiger partial charge < -0.3 is 19.9 Å². The molecule has 41 heavy (non-hydrogen) atoms. The molecule has 3 aromatic rings. The number of methoxy groups -OCH3 is 1. The van der Waals surface area contributed by atoms with Crippen LogP contribution in [0.4, 0.5) is 5.69 Å². The number of hydrogen-bond donors (Lipinski definition) is 2. The zero-order valence-electron chi connectivity index (χ0n) is 26.1. The third-order valence-corrected chi connectivity index (χ3v) is 7.15. The monoisotopic (exact) mass is 562 g/mol. The summed E-state index contributed by atoms with van der Waals surface area (Å²) in [4.78, 5) is 33.5. The van der Waals surface area contributed by atoms with Crippen LogP contribution in [0, 0.1) is 0 Å². The molecule has 2 aromatic heterocycles. The van der Waals surface area contributed by atoms with Crippen LogP contribution in [0.3, 0.4) is 0 Å². The van der Waals surface area contributed by atoms with Crippen molar-refractivity contribution in [2.45, 2.75) is 86.2 Å². The molecule has 0 bridgehead atoms. The number of anilines is 1. The molecule has 2 N–H and O–H groups in total. The van der Waals surface area contributed by atoms with E-state index in [2.05, 4.69) is 44.1 Å². The molecule has 0 saturated carbocycles. The van der Waals surface area contributed by atoms with Gasteiger partial charge in [0.05, 0.1) is 27.9 Å². The topological polar surface area (TPSA) is 104 Å². The van der Waals surface area contributed by atoms with Gasteiger partial charge in [0.1, 0.15) is 11.5 Å². The van der Waals surface area contributed by atoms with Crippen molar-refractivity contribution >= 4 is 34.4 Å².